The summed E-state index contributed by atoms with van der Waals surface area (Å²) in [6.45, 7) is 13.6. The van der Waals surface area contributed by atoms with Crippen molar-refractivity contribution >= 4 is 34.1 Å². The van der Waals surface area contributed by atoms with Gasteiger partial charge in [-0.1, -0.05) is 32.9 Å². The lowest BCUT2D eigenvalue weighted by Crippen LogP contribution is -2.28. The Hall–Kier alpha value is -2.86. The SMILES string of the molecule is CCN(CC)c1ccc(C=Nc2sc3c(c2C(=O)NCc2ccco2)CC[C@@H](C(C)(C)C)C3)cc1. The average Bonchev–Trinajstić information content (AvgIpc) is 3.49. The standard InChI is InChI=1S/C29H37N3O2S/c1-6-32(7-2)22-13-10-20(11-14-22)18-31-28-26(27(33)30-19-23-9-8-16-34-23)24-15-12-21(29(3,4)5)17-25(24)35-28/h8-11,13-14,16,18,21H,6-7,12,15,17,19H2,1-5H3,(H,30,33)/t21-/m1/s1. The van der Waals surface area contributed by atoms with Crippen LogP contribution in [-0.4, -0.2) is 25.2 Å². The topological polar surface area (TPSA) is 57.8 Å². The maximum Gasteiger partial charge on any atom is 0.255 e. The van der Waals surface area contributed by atoms with Crippen molar-refractivity contribution in [3.05, 3.63) is 70.0 Å². The monoisotopic (exact) mass is 491 g/mol. The molecule has 0 unspecified atom stereocenters. The van der Waals surface area contributed by atoms with E-state index in [4.69, 9.17) is 9.41 Å². The van der Waals surface area contributed by atoms with Crippen molar-refractivity contribution in [2.45, 2.75) is 60.4 Å². The molecule has 1 aliphatic rings. The number of carbonyl (C=O) groups is 1. The summed E-state index contributed by atoms with van der Waals surface area (Å²) in [5, 5.41) is 3.85. The number of furan rings is 1. The van der Waals surface area contributed by atoms with E-state index in [1.54, 1.807) is 17.6 Å². The molecule has 1 atom stereocenters. The molecule has 4 rings (SSSR count). The zero-order valence-corrected chi connectivity index (χ0v) is 22.4. The van der Waals surface area contributed by atoms with Crippen LogP contribution in [0.4, 0.5) is 10.7 Å². The fourth-order valence-electron chi connectivity index (χ4n) is 4.80. The molecule has 3 aromatic rings. The maximum atomic E-state index is 13.3. The summed E-state index contributed by atoms with van der Waals surface area (Å²) < 4.78 is 5.40. The molecule has 0 saturated heterocycles. The first kappa shape index (κ1) is 25.2. The number of nitrogens with zero attached hydrogens (tertiary/aromatic N) is 2. The predicted octanol–water partition coefficient (Wildman–Crippen LogP) is 7.02. The zero-order valence-electron chi connectivity index (χ0n) is 21.6. The number of rotatable bonds is 8. The summed E-state index contributed by atoms with van der Waals surface area (Å²) in [5.41, 5.74) is 4.41. The molecule has 0 radical (unpaired) electrons. The molecule has 0 saturated carbocycles. The number of benzene rings is 1. The summed E-state index contributed by atoms with van der Waals surface area (Å²) in [7, 11) is 0. The minimum Gasteiger partial charge on any atom is -0.467 e. The summed E-state index contributed by atoms with van der Waals surface area (Å²) in [6, 6.07) is 12.2. The Morgan fingerprint density at radius 3 is 2.57 bits per heavy atom. The van der Waals surface area contributed by atoms with E-state index in [2.05, 4.69) is 69.1 Å². The number of nitrogens with one attached hydrogen (secondary N) is 1. The van der Waals surface area contributed by atoms with Crippen molar-refractivity contribution in [3.63, 3.8) is 0 Å². The number of thiophene rings is 1. The van der Waals surface area contributed by atoms with E-state index in [-0.39, 0.29) is 11.3 Å². The molecule has 0 spiro atoms. The Balaban J connectivity index is 1.61. The smallest absolute Gasteiger partial charge is 0.255 e. The Morgan fingerprint density at radius 1 is 1.20 bits per heavy atom. The molecule has 5 nitrogen and oxygen atoms in total. The van der Waals surface area contributed by atoms with E-state index in [0.717, 1.165) is 54.2 Å². The largest absolute Gasteiger partial charge is 0.467 e. The fraction of sp³-hybridized carbons (Fsp3) is 0.448. The van der Waals surface area contributed by atoms with Gasteiger partial charge in [0.05, 0.1) is 18.4 Å². The quantitative estimate of drug-likeness (QED) is 0.345. The predicted molar refractivity (Wildman–Crippen MR) is 146 cm³/mol. The van der Waals surface area contributed by atoms with E-state index in [1.165, 1.54) is 16.1 Å². The van der Waals surface area contributed by atoms with E-state index < -0.39 is 0 Å². The third kappa shape index (κ3) is 5.87. The van der Waals surface area contributed by atoms with Gasteiger partial charge in [0, 0.05) is 29.9 Å². The van der Waals surface area contributed by atoms with Crippen LogP contribution in [0, 0.1) is 11.3 Å². The molecule has 0 aliphatic heterocycles. The first-order valence-corrected chi connectivity index (χ1v) is 13.5. The second-order valence-corrected chi connectivity index (χ2v) is 11.4. The van der Waals surface area contributed by atoms with Gasteiger partial charge in [0.25, 0.3) is 5.91 Å². The first-order valence-electron chi connectivity index (χ1n) is 12.6. The minimum absolute atomic E-state index is 0.0721. The maximum absolute atomic E-state index is 13.3. The van der Waals surface area contributed by atoms with Crippen LogP contribution in [-0.2, 0) is 19.4 Å². The lowest BCUT2D eigenvalue weighted by molar-refractivity contribution is 0.0947. The van der Waals surface area contributed by atoms with Gasteiger partial charge in [-0.15, -0.1) is 11.3 Å². The highest BCUT2D eigenvalue weighted by Crippen LogP contribution is 2.45. The Bertz CT molecular complexity index is 1150. The van der Waals surface area contributed by atoms with Gasteiger partial charge in [0.15, 0.2) is 0 Å². The highest BCUT2D eigenvalue weighted by atomic mass is 32.1. The normalized spacial score (nSPS) is 15.9. The molecular weight excluding hydrogens is 454 g/mol. The van der Waals surface area contributed by atoms with E-state index in [0.29, 0.717) is 12.5 Å². The molecule has 0 fully saturated rings. The summed E-state index contributed by atoms with van der Waals surface area (Å²) in [5.74, 6) is 1.28. The van der Waals surface area contributed by atoms with Crippen molar-refractivity contribution in [1.82, 2.24) is 5.32 Å². The lowest BCUT2D eigenvalue weighted by Gasteiger charge is -2.33. The van der Waals surface area contributed by atoms with Gasteiger partial charge < -0.3 is 14.6 Å². The lowest BCUT2D eigenvalue weighted by atomic mass is 9.72. The van der Waals surface area contributed by atoms with Crippen molar-refractivity contribution in [2.24, 2.45) is 16.3 Å². The third-order valence-electron chi connectivity index (χ3n) is 7.05. The fourth-order valence-corrected chi connectivity index (χ4v) is 6.07. The Kier molecular flexibility index (Phi) is 7.80. The van der Waals surface area contributed by atoms with Crippen molar-refractivity contribution in [1.29, 1.82) is 0 Å². The molecule has 35 heavy (non-hydrogen) atoms. The van der Waals surface area contributed by atoms with Gasteiger partial charge in [0.1, 0.15) is 10.8 Å². The summed E-state index contributed by atoms with van der Waals surface area (Å²) >= 11 is 1.68. The second kappa shape index (κ2) is 10.8. The van der Waals surface area contributed by atoms with E-state index >= 15 is 0 Å². The molecule has 6 heteroatoms. The highest BCUT2D eigenvalue weighted by molar-refractivity contribution is 7.16. The van der Waals surface area contributed by atoms with E-state index in [9.17, 15) is 4.79 Å². The molecule has 0 bridgehead atoms. The van der Waals surface area contributed by atoms with Crippen LogP contribution in [0.1, 0.15) is 73.2 Å². The zero-order chi connectivity index (χ0) is 25.0. The number of hydrogen-bond acceptors (Lipinski definition) is 5. The number of fused-ring (bicyclic) bond motifs is 1. The van der Waals surface area contributed by atoms with Gasteiger partial charge in [-0.25, -0.2) is 4.99 Å². The third-order valence-corrected chi connectivity index (χ3v) is 8.22. The van der Waals surface area contributed by atoms with Crippen LogP contribution in [0.25, 0.3) is 0 Å². The average molecular weight is 492 g/mol. The van der Waals surface area contributed by atoms with Crippen LogP contribution in [0.2, 0.25) is 0 Å². The van der Waals surface area contributed by atoms with Gasteiger partial charge in [0.2, 0.25) is 0 Å². The molecule has 186 valence electrons. The number of aliphatic imine (C=N–C) groups is 1. The van der Waals surface area contributed by atoms with Crippen molar-refractivity contribution in [2.75, 3.05) is 18.0 Å². The second-order valence-electron chi connectivity index (χ2n) is 10.3. The van der Waals surface area contributed by atoms with Crippen molar-refractivity contribution < 1.29 is 9.21 Å². The number of anilines is 1. The van der Waals surface area contributed by atoms with Crippen LogP contribution in [0.3, 0.4) is 0 Å². The minimum atomic E-state index is -0.0721. The van der Waals surface area contributed by atoms with Gasteiger partial charge >= 0.3 is 0 Å². The molecule has 1 aliphatic carbocycles. The van der Waals surface area contributed by atoms with Crippen LogP contribution >= 0.6 is 11.3 Å². The Morgan fingerprint density at radius 2 is 1.94 bits per heavy atom. The number of hydrogen-bond donors (Lipinski definition) is 1. The molecule has 1 N–H and O–H groups in total. The van der Waals surface area contributed by atoms with Gasteiger partial charge in [-0.3, -0.25) is 4.79 Å². The molecular formula is C29H37N3O2S. The first-order chi connectivity index (χ1) is 16.8. The van der Waals surface area contributed by atoms with Crippen molar-refractivity contribution in [3.8, 4) is 0 Å². The van der Waals surface area contributed by atoms with Gasteiger partial charge in [-0.2, -0.15) is 0 Å². The van der Waals surface area contributed by atoms with E-state index in [1.807, 2.05) is 18.3 Å². The summed E-state index contributed by atoms with van der Waals surface area (Å²) in [6.07, 6.45) is 6.54. The van der Waals surface area contributed by atoms with Crippen LogP contribution < -0.4 is 10.2 Å². The molecule has 2 heterocycles. The Labute approximate surface area is 213 Å². The number of carbonyl (C=O) groups excluding carboxylic acids is 1. The van der Waals surface area contributed by atoms with Crippen LogP contribution in [0.15, 0.2) is 52.1 Å². The highest BCUT2D eigenvalue weighted by Gasteiger charge is 2.33. The summed E-state index contributed by atoms with van der Waals surface area (Å²) in [4.78, 5) is 21.8. The number of amides is 1. The van der Waals surface area contributed by atoms with Gasteiger partial charge in [-0.05, 0) is 79.8 Å². The van der Waals surface area contributed by atoms with Crippen LogP contribution in [0.5, 0.6) is 0 Å². The molecule has 1 aromatic carbocycles. The molecule has 1 amide bonds. The molecule has 2 aromatic heterocycles.